The molecule has 3 aromatic carbocycles. The van der Waals surface area contributed by atoms with Gasteiger partial charge in [-0.05, 0) is 123 Å². The fourth-order valence-electron chi connectivity index (χ4n) is 5.70. The SMILES string of the molecule is Cc1c(O)cc(CCCCCNc2ccc(C(CC(=O)O)c3ccc4c(c3)CCCC4)c(C)c2C)cc1O. The molecule has 1 aliphatic carbocycles. The molecule has 0 bridgehead atoms. The molecule has 3 aromatic rings. The van der Waals surface area contributed by atoms with E-state index in [1.54, 1.807) is 19.1 Å². The fourth-order valence-corrected chi connectivity index (χ4v) is 5.70. The highest BCUT2D eigenvalue weighted by Gasteiger charge is 2.23. The van der Waals surface area contributed by atoms with Gasteiger partial charge in [-0.25, -0.2) is 0 Å². The molecule has 5 heteroatoms. The van der Waals surface area contributed by atoms with Gasteiger partial charge >= 0.3 is 5.97 Å². The Morgan fingerprint density at radius 1 is 0.842 bits per heavy atom. The van der Waals surface area contributed by atoms with Crippen LogP contribution in [-0.2, 0) is 24.1 Å². The van der Waals surface area contributed by atoms with Gasteiger partial charge in [0.1, 0.15) is 11.5 Å². The van der Waals surface area contributed by atoms with Gasteiger partial charge in [-0.15, -0.1) is 0 Å². The highest BCUT2D eigenvalue weighted by atomic mass is 16.4. The first kappa shape index (κ1) is 27.6. The summed E-state index contributed by atoms with van der Waals surface area (Å²) in [6.07, 6.45) is 8.59. The largest absolute Gasteiger partial charge is 0.508 e. The Kier molecular flexibility index (Phi) is 8.98. The second-order valence-corrected chi connectivity index (χ2v) is 10.8. The first-order valence-electron chi connectivity index (χ1n) is 13.9. The first-order chi connectivity index (χ1) is 18.2. The molecule has 0 heterocycles. The molecule has 0 amide bonds. The molecule has 202 valence electrons. The number of aromatic hydroxyl groups is 2. The van der Waals surface area contributed by atoms with E-state index in [2.05, 4.69) is 49.5 Å². The number of nitrogens with one attached hydrogen (secondary N) is 1. The van der Waals surface area contributed by atoms with Gasteiger partial charge in [0.25, 0.3) is 0 Å². The Morgan fingerprint density at radius 3 is 2.26 bits per heavy atom. The van der Waals surface area contributed by atoms with Crippen molar-refractivity contribution in [2.45, 2.75) is 84.5 Å². The highest BCUT2D eigenvalue weighted by molar-refractivity contribution is 5.70. The standard InChI is InChI=1S/C33H41NO4/c1-21-22(2)30(34-16-8-4-5-9-24-17-31(35)23(3)32(36)18-24)15-14-28(21)29(20-33(37)38)27-13-12-25-10-6-7-11-26(25)19-27/h12-15,17-19,29,34-36H,4-11,16,20H2,1-3H3,(H,37,38). The summed E-state index contributed by atoms with van der Waals surface area (Å²) in [5, 5.41) is 33.1. The van der Waals surface area contributed by atoms with Crippen molar-refractivity contribution in [1.82, 2.24) is 0 Å². The van der Waals surface area contributed by atoms with Crippen molar-refractivity contribution in [2.75, 3.05) is 11.9 Å². The fraction of sp³-hybridized carbons (Fsp3) is 0.424. The average Bonchev–Trinajstić information content (AvgIpc) is 2.90. The molecule has 0 saturated carbocycles. The summed E-state index contributed by atoms with van der Waals surface area (Å²) in [6, 6.07) is 14.3. The molecule has 1 atom stereocenters. The molecule has 0 aliphatic heterocycles. The van der Waals surface area contributed by atoms with Crippen LogP contribution in [0.4, 0.5) is 5.69 Å². The Balaban J connectivity index is 1.38. The number of aliphatic carboxylic acids is 1. The minimum Gasteiger partial charge on any atom is -0.508 e. The molecule has 1 unspecified atom stereocenters. The Morgan fingerprint density at radius 2 is 1.55 bits per heavy atom. The molecular weight excluding hydrogens is 474 g/mol. The lowest BCUT2D eigenvalue weighted by atomic mass is 9.81. The summed E-state index contributed by atoms with van der Waals surface area (Å²) in [6.45, 7) is 6.78. The van der Waals surface area contributed by atoms with Crippen molar-refractivity contribution in [2.24, 2.45) is 0 Å². The molecule has 0 spiro atoms. The van der Waals surface area contributed by atoms with Gasteiger partial charge < -0.3 is 20.6 Å². The summed E-state index contributed by atoms with van der Waals surface area (Å²) >= 11 is 0. The molecule has 0 radical (unpaired) electrons. The second-order valence-electron chi connectivity index (χ2n) is 10.8. The average molecular weight is 516 g/mol. The van der Waals surface area contributed by atoms with Crippen LogP contribution in [0.15, 0.2) is 42.5 Å². The minimum atomic E-state index is -0.775. The van der Waals surface area contributed by atoms with Crippen LogP contribution in [-0.4, -0.2) is 27.8 Å². The maximum Gasteiger partial charge on any atom is 0.304 e. The van der Waals surface area contributed by atoms with Gasteiger partial charge in [0.2, 0.25) is 0 Å². The normalized spacial score (nSPS) is 13.7. The molecule has 38 heavy (non-hydrogen) atoms. The van der Waals surface area contributed by atoms with Crippen LogP contribution in [0.25, 0.3) is 0 Å². The topological polar surface area (TPSA) is 89.8 Å². The van der Waals surface area contributed by atoms with Crippen molar-refractivity contribution in [3.63, 3.8) is 0 Å². The van der Waals surface area contributed by atoms with E-state index in [1.807, 2.05) is 0 Å². The van der Waals surface area contributed by atoms with Gasteiger partial charge in [-0.1, -0.05) is 30.7 Å². The molecule has 0 aromatic heterocycles. The third kappa shape index (κ3) is 6.50. The number of carbonyl (C=O) groups is 1. The molecule has 5 nitrogen and oxygen atoms in total. The Hall–Kier alpha value is -3.47. The molecule has 1 aliphatic rings. The van der Waals surface area contributed by atoms with E-state index < -0.39 is 5.97 Å². The van der Waals surface area contributed by atoms with Crippen LogP contribution in [0, 0.1) is 20.8 Å². The number of unbranched alkanes of at least 4 members (excludes halogenated alkanes) is 2. The maximum atomic E-state index is 11.8. The lowest BCUT2D eigenvalue weighted by Crippen LogP contribution is -2.13. The van der Waals surface area contributed by atoms with E-state index in [4.69, 9.17) is 0 Å². The van der Waals surface area contributed by atoms with Crippen molar-refractivity contribution in [1.29, 1.82) is 0 Å². The zero-order chi connectivity index (χ0) is 27.2. The number of hydrogen-bond donors (Lipinski definition) is 4. The second kappa shape index (κ2) is 12.4. The van der Waals surface area contributed by atoms with Crippen molar-refractivity contribution < 1.29 is 20.1 Å². The van der Waals surface area contributed by atoms with E-state index in [1.165, 1.54) is 29.5 Å². The number of benzene rings is 3. The molecule has 0 fully saturated rings. The number of phenolic OH excluding ortho intramolecular Hbond substituents is 2. The van der Waals surface area contributed by atoms with Gasteiger partial charge in [0, 0.05) is 23.7 Å². The van der Waals surface area contributed by atoms with E-state index >= 15 is 0 Å². The molecule has 4 rings (SSSR count). The summed E-state index contributed by atoms with van der Waals surface area (Å²) in [4.78, 5) is 11.8. The maximum absolute atomic E-state index is 11.8. The van der Waals surface area contributed by atoms with Gasteiger partial charge in [0.15, 0.2) is 0 Å². The summed E-state index contributed by atoms with van der Waals surface area (Å²) in [7, 11) is 0. The van der Waals surface area contributed by atoms with E-state index in [9.17, 15) is 20.1 Å². The predicted octanol–water partition coefficient (Wildman–Crippen LogP) is 7.33. The molecule has 4 N–H and O–H groups in total. The minimum absolute atomic E-state index is 0.0857. The van der Waals surface area contributed by atoms with Crippen molar-refractivity contribution >= 4 is 11.7 Å². The third-order valence-corrected chi connectivity index (χ3v) is 8.23. The zero-order valence-electron chi connectivity index (χ0n) is 22.9. The smallest absolute Gasteiger partial charge is 0.304 e. The number of carboxylic acid groups (broad SMARTS) is 1. The number of carboxylic acids is 1. The van der Waals surface area contributed by atoms with Crippen LogP contribution < -0.4 is 5.32 Å². The van der Waals surface area contributed by atoms with Crippen LogP contribution in [0.2, 0.25) is 0 Å². The van der Waals surface area contributed by atoms with Gasteiger partial charge in [-0.2, -0.15) is 0 Å². The highest BCUT2D eigenvalue weighted by Crippen LogP contribution is 2.36. The van der Waals surface area contributed by atoms with E-state index in [-0.39, 0.29) is 23.8 Å². The van der Waals surface area contributed by atoms with E-state index in [0.29, 0.717) is 5.56 Å². The predicted molar refractivity (Wildman–Crippen MR) is 154 cm³/mol. The van der Waals surface area contributed by atoms with Crippen LogP contribution >= 0.6 is 0 Å². The number of anilines is 1. The third-order valence-electron chi connectivity index (χ3n) is 8.23. The first-order valence-corrected chi connectivity index (χ1v) is 13.9. The van der Waals surface area contributed by atoms with Crippen LogP contribution in [0.1, 0.15) is 89.0 Å². The summed E-state index contributed by atoms with van der Waals surface area (Å²) in [5.41, 5.74) is 9.88. The Bertz CT molecular complexity index is 1270. The summed E-state index contributed by atoms with van der Waals surface area (Å²) in [5.74, 6) is -0.641. The number of rotatable bonds is 11. The van der Waals surface area contributed by atoms with Gasteiger partial charge in [0.05, 0.1) is 6.42 Å². The number of phenols is 2. The quantitative estimate of drug-likeness (QED) is 0.201. The number of fused-ring (bicyclic) bond motifs is 1. The lowest BCUT2D eigenvalue weighted by molar-refractivity contribution is -0.137. The van der Waals surface area contributed by atoms with Crippen LogP contribution in [0.5, 0.6) is 11.5 Å². The van der Waals surface area contributed by atoms with Crippen LogP contribution in [0.3, 0.4) is 0 Å². The van der Waals surface area contributed by atoms with E-state index in [0.717, 1.165) is 73.0 Å². The summed E-state index contributed by atoms with van der Waals surface area (Å²) < 4.78 is 0. The monoisotopic (exact) mass is 515 g/mol. The zero-order valence-corrected chi connectivity index (χ0v) is 22.9. The number of hydrogen-bond acceptors (Lipinski definition) is 4. The van der Waals surface area contributed by atoms with Crippen molar-refractivity contribution in [3.8, 4) is 11.5 Å². The van der Waals surface area contributed by atoms with Crippen molar-refractivity contribution in [3.05, 3.63) is 87.0 Å². The van der Waals surface area contributed by atoms with Gasteiger partial charge in [-0.3, -0.25) is 4.79 Å². The molecule has 0 saturated heterocycles. The molecular formula is C33H41NO4. The Labute approximate surface area is 226 Å². The number of aryl methyl sites for hydroxylation is 3. The lowest BCUT2D eigenvalue weighted by Gasteiger charge is -2.24.